The van der Waals surface area contributed by atoms with Gasteiger partial charge in [-0.15, -0.1) is 0 Å². The second kappa shape index (κ2) is 11.1. The fraction of sp³-hybridized carbons (Fsp3) is 0.348. The molecule has 3 N–H and O–H groups in total. The van der Waals surface area contributed by atoms with Crippen LogP contribution in [0.25, 0.3) is 0 Å². The number of benzene rings is 2. The van der Waals surface area contributed by atoms with E-state index < -0.39 is 6.04 Å². The lowest BCUT2D eigenvalue weighted by Crippen LogP contribution is -2.47. The summed E-state index contributed by atoms with van der Waals surface area (Å²) in [5.41, 5.74) is 4.33. The molecule has 0 saturated carbocycles. The maximum atomic E-state index is 12.4. The third-order valence-electron chi connectivity index (χ3n) is 5.06. The molecule has 0 spiro atoms. The van der Waals surface area contributed by atoms with Crippen molar-refractivity contribution in [3.05, 3.63) is 57.6 Å². The number of hydrogen-bond acceptors (Lipinski definition) is 4. The van der Waals surface area contributed by atoms with E-state index in [0.717, 1.165) is 32.5 Å². The van der Waals surface area contributed by atoms with Crippen LogP contribution in [0, 0.1) is 20.8 Å². The summed E-state index contributed by atoms with van der Waals surface area (Å²) in [5.74, 6) is -0.851. The fourth-order valence-electron chi connectivity index (χ4n) is 3.03. The van der Waals surface area contributed by atoms with Gasteiger partial charge >= 0.3 is 0 Å². The van der Waals surface area contributed by atoms with Crippen molar-refractivity contribution < 1.29 is 14.4 Å². The highest BCUT2D eigenvalue weighted by Gasteiger charge is 2.21. The zero-order chi connectivity index (χ0) is 23.1. The average molecular weight is 489 g/mol. The molecule has 8 heteroatoms. The molecule has 0 aliphatic rings. The van der Waals surface area contributed by atoms with E-state index in [-0.39, 0.29) is 30.8 Å². The molecular formula is C23H29BrN4O3. The van der Waals surface area contributed by atoms with Gasteiger partial charge in [-0.2, -0.15) is 0 Å². The zero-order valence-corrected chi connectivity index (χ0v) is 20.1. The van der Waals surface area contributed by atoms with Gasteiger partial charge in [-0.3, -0.25) is 19.3 Å². The molecule has 0 aliphatic carbocycles. The standard InChI is InChI=1S/C23H29BrN4O3/c1-14-7-6-8-15(2)22(14)27-20(29)12-25-23(31)17(4)28(5)13-21(30)26-19-10-9-18(24)11-16(19)3/h6-11,17H,12-13H2,1-5H3,(H,25,31)(H,26,30)(H,27,29). The van der Waals surface area contributed by atoms with Crippen molar-refractivity contribution in [2.75, 3.05) is 30.8 Å². The number of nitrogens with one attached hydrogen (secondary N) is 3. The van der Waals surface area contributed by atoms with Crippen molar-refractivity contribution in [3.63, 3.8) is 0 Å². The van der Waals surface area contributed by atoms with Gasteiger partial charge < -0.3 is 16.0 Å². The van der Waals surface area contributed by atoms with Crippen molar-refractivity contribution in [2.45, 2.75) is 33.7 Å². The highest BCUT2D eigenvalue weighted by atomic mass is 79.9. The summed E-state index contributed by atoms with van der Waals surface area (Å²) in [6.07, 6.45) is 0. The van der Waals surface area contributed by atoms with Crippen LogP contribution in [0.1, 0.15) is 23.6 Å². The van der Waals surface area contributed by atoms with Gasteiger partial charge in [0.1, 0.15) is 0 Å². The van der Waals surface area contributed by atoms with Crippen LogP contribution in [0.4, 0.5) is 11.4 Å². The minimum atomic E-state index is -0.579. The van der Waals surface area contributed by atoms with Crippen LogP contribution in [0.3, 0.4) is 0 Å². The van der Waals surface area contributed by atoms with Crippen LogP contribution < -0.4 is 16.0 Å². The Bertz CT molecular complexity index is 957. The fourth-order valence-corrected chi connectivity index (χ4v) is 3.51. The number of hydrogen-bond donors (Lipinski definition) is 3. The lowest BCUT2D eigenvalue weighted by Gasteiger charge is -2.23. The number of carbonyl (C=O) groups excluding carboxylic acids is 3. The number of rotatable bonds is 8. The highest BCUT2D eigenvalue weighted by molar-refractivity contribution is 9.10. The molecule has 166 valence electrons. The number of amides is 3. The molecule has 0 radical (unpaired) electrons. The third-order valence-corrected chi connectivity index (χ3v) is 5.56. The van der Waals surface area contributed by atoms with Gasteiger partial charge in [0.15, 0.2) is 0 Å². The Morgan fingerprint density at radius 3 is 2.23 bits per heavy atom. The monoisotopic (exact) mass is 488 g/mol. The molecule has 2 aromatic carbocycles. The molecule has 0 bridgehead atoms. The van der Waals surface area contributed by atoms with E-state index in [0.29, 0.717) is 0 Å². The molecule has 2 aromatic rings. The van der Waals surface area contributed by atoms with E-state index in [4.69, 9.17) is 0 Å². The second-order valence-electron chi connectivity index (χ2n) is 7.63. The summed E-state index contributed by atoms with van der Waals surface area (Å²) in [5, 5.41) is 8.32. The van der Waals surface area contributed by atoms with Gasteiger partial charge in [0.2, 0.25) is 17.7 Å². The minimum absolute atomic E-state index is 0.0404. The van der Waals surface area contributed by atoms with Crippen molar-refractivity contribution in [2.24, 2.45) is 0 Å². The van der Waals surface area contributed by atoms with Gasteiger partial charge in [-0.05, 0) is 69.6 Å². The molecule has 7 nitrogen and oxygen atoms in total. The van der Waals surface area contributed by atoms with Gasteiger partial charge in [-0.1, -0.05) is 34.1 Å². The third kappa shape index (κ3) is 7.18. The maximum absolute atomic E-state index is 12.4. The predicted octanol–water partition coefficient (Wildman–Crippen LogP) is 3.39. The topological polar surface area (TPSA) is 90.5 Å². The van der Waals surface area contributed by atoms with Crippen LogP contribution in [-0.2, 0) is 14.4 Å². The summed E-state index contributed by atoms with van der Waals surface area (Å²) in [6, 6.07) is 10.8. The Morgan fingerprint density at radius 2 is 1.61 bits per heavy atom. The van der Waals surface area contributed by atoms with E-state index in [1.807, 2.05) is 57.2 Å². The first-order chi connectivity index (χ1) is 14.6. The van der Waals surface area contributed by atoms with Crippen molar-refractivity contribution in [1.82, 2.24) is 10.2 Å². The molecule has 0 aromatic heterocycles. The molecule has 0 aliphatic heterocycles. The van der Waals surface area contributed by atoms with Gasteiger partial charge in [-0.25, -0.2) is 0 Å². The molecule has 1 unspecified atom stereocenters. The molecule has 31 heavy (non-hydrogen) atoms. The molecule has 3 amide bonds. The molecular weight excluding hydrogens is 460 g/mol. The Balaban J connectivity index is 1.83. The first-order valence-electron chi connectivity index (χ1n) is 9.98. The number of para-hydroxylation sites is 1. The van der Waals surface area contributed by atoms with Crippen molar-refractivity contribution in [1.29, 1.82) is 0 Å². The van der Waals surface area contributed by atoms with E-state index in [1.165, 1.54) is 0 Å². The minimum Gasteiger partial charge on any atom is -0.346 e. The Kier molecular flexibility index (Phi) is 8.76. The molecule has 1 atom stereocenters. The summed E-state index contributed by atoms with van der Waals surface area (Å²) >= 11 is 3.39. The lowest BCUT2D eigenvalue weighted by molar-refractivity contribution is -0.128. The Hall–Kier alpha value is -2.71. The number of likely N-dealkylation sites (N-methyl/N-ethyl adjacent to an activating group) is 1. The van der Waals surface area contributed by atoms with E-state index in [2.05, 4.69) is 31.9 Å². The van der Waals surface area contributed by atoms with Crippen LogP contribution in [-0.4, -0.2) is 48.8 Å². The van der Waals surface area contributed by atoms with Crippen LogP contribution in [0.15, 0.2) is 40.9 Å². The summed E-state index contributed by atoms with van der Waals surface area (Å²) in [7, 11) is 1.69. The van der Waals surface area contributed by atoms with Gasteiger partial charge in [0.25, 0.3) is 0 Å². The van der Waals surface area contributed by atoms with Crippen molar-refractivity contribution >= 4 is 45.0 Å². The number of carbonyl (C=O) groups is 3. The predicted molar refractivity (Wildman–Crippen MR) is 127 cm³/mol. The van der Waals surface area contributed by atoms with E-state index in [9.17, 15) is 14.4 Å². The number of anilines is 2. The zero-order valence-electron chi connectivity index (χ0n) is 18.5. The first-order valence-corrected chi connectivity index (χ1v) is 10.8. The van der Waals surface area contributed by atoms with Gasteiger partial charge in [0, 0.05) is 15.8 Å². The Morgan fingerprint density at radius 1 is 0.968 bits per heavy atom. The highest BCUT2D eigenvalue weighted by Crippen LogP contribution is 2.20. The summed E-state index contributed by atoms with van der Waals surface area (Å²) in [4.78, 5) is 38.7. The SMILES string of the molecule is Cc1cc(Br)ccc1NC(=O)CN(C)C(C)C(=O)NCC(=O)Nc1c(C)cccc1C. The van der Waals surface area contributed by atoms with E-state index in [1.54, 1.807) is 18.9 Å². The second-order valence-corrected chi connectivity index (χ2v) is 8.55. The van der Waals surface area contributed by atoms with Gasteiger partial charge in [0.05, 0.1) is 19.1 Å². The molecule has 2 rings (SSSR count). The molecule has 0 saturated heterocycles. The quantitative estimate of drug-likeness (QED) is 0.531. The van der Waals surface area contributed by atoms with Crippen LogP contribution >= 0.6 is 15.9 Å². The summed E-state index contributed by atoms with van der Waals surface area (Å²) in [6.45, 7) is 7.33. The normalized spacial score (nSPS) is 11.7. The van der Waals surface area contributed by atoms with E-state index >= 15 is 0 Å². The lowest BCUT2D eigenvalue weighted by atomic mass is 10.1. The number of nitrogens with zero attached hydrogens (tertiary/aromatic N) is 1. The number of halogens is 1. The maximum Gasteiger partial charge on any atom is 0.243 e. The Labute approximate surface area is 191 Å². The smallest absolute Gasteiger partial charge is 0.243 e. The number of aryl methyl sites for hydroxylation is 3. The molecule has 0 fully saturated rings. The van der Waals surface area contributed by atoms with Crippen LogP contribution in [0.2, 0.25) is 0 Å². The summed E-state index contributed by atoms with van der Waals surface area (Å²) < 4.78 is 0.937. The first kappa shape index (κ1) is 24.6. The largest absolute Gasteiger partial charge is 0.346 e. The van der Waals surface area contributed by atoms with Crippen molar-refractivity contribution in [3.8, 4) is 0 Å². The van der Waals surface area contributed by atoms with Crippen LogP contribution in [0.5, 0.6) is 0 Å². The molecule has 0 heterocycles. The average Bonchev–Trinajstić information content (AvgIpc) is 2.70.